The van der Waals surface area contributed by atoms with Crippen molar-refractivity contribution in [1.82, 2.24) is 9.97 Å². The van der Waals surface area contributed by atoms with Crippen LogP contribution in [0.15, 0.2) is 4.79 Å². The van der Waals surface area contributed by atoms with Crippen molar-refractivity contribution in [3.63, 3.8) is 0 Å². The maximum absolute atomic E-state index is 12.5. The molecule has 208 valence electrons. The van der Waals surface area contributed by atoms with Gasteiger partial charge in [-0.2, -0.15) is 0 Å². The second-order valence-electron chi connectivity index (χ2n) is 9.85. The molecule has 6 N–H and O–H groups in total. The molecular formula is C26H46N2O7S. The van der Waals surface area contributed by atoms with Crippen molar-refractivity contribution in [3.05, 3.63) is 26.4 Å². The summed E-state index contributed by atoms with van der Waals surface area (Å²) in [6.45, 7) is 2.40. The van der Waals surface area contributed by atoms with Crippen LogP contribution in [0, 0.1) is 4.77 Å². The molecule has 0 aliphatic carbocycles. The highest BCUT2D eigenvalue weighted by Crippen LogP contribution is 2.21. The van der Waals surface area contributed by atoms with Crippen molar-refractivity contribution < 1.29 is 29.9 Å². The van der Waals surface area contributed by atoms with Gasteiger partial charge in [0, 0.05) is 11.3 Å². The molecule has 1 fully saturated rings. The first-order chi connectivity index (χ1) is 17.3. The van der Waals surface area contributed by atoms with Crippen LogP contribution >= 0.6 is 12.2 Å². The van der Waals surface area contributed by atoms with Gasteiger partial charge in [-0.25, -0.2) is 0 Å². The zero-order chi connectivity index (χ0) is 26.3. The van der Waals surface area contributed by atoms with Crippen LogP contribution in [0.25, 0.3) is 0 Å². The second kappa shape index (κ2) is 17.4. The highest BCUT2D eigenvalue weighted by Gasteiger charge is 2.43. The predicted octanol–water partition coefficient (Wildman–Crippen LogP) is 3.38. The topological polar surface area (TPSA) is 148 Å². The summed E-state index contributed by atoms with van der Waals surface area (Å²) in [5.41, 5.74) is 1.32. The van der Waals surface area contributed by atoms with Crippen LogP contribution in [0.2, 0.25) is 0 Å². The molecule has 1 aromatic heterocycles. The van der Waals surface area contributed by atoms with E-state index in [1.807, 2.05) is 0 Å². The summed E-state index contributed by atoms with van der Waals surface area (Å²) in [6, 6.07) is 0. The third kappa shape index (κ3) is 10.7. The monoisotopic (exact) mass is 530 g/mol. The van der Waals surface area contributed by atoms with Crippen LogP contribution in [-0.4, -0.2) is 67.9 Å². The molecule has 1 aliphatic heterocycles. The molecule has 36 heavy (non-hydrogen) atoms. The van der Waals surface area contributed by atoms with Crippen LogP contribution in [0.1, 0.15) is 102 Å². The molecule has 0 spiro atoms. The molecule has 0 saturated carbocycles. The third-order valence-electron chi connectivity index (χ3n) is 6.81. The first kappa shape index (κ1) is 31.1. The van der Waals surface area contributed by atoms with Gasteiger partial charge in [-0.05, 0) is 37.9 Å². The number of nitrogens with one attached hydrogen (secondary N) is 2. The number of ether oxygens (including phenoxy) is 2. The zero-order valence-corrected chi connectivity index (χ0v) is 22.4. The Labute approximate surface area is 219 Å². The average molecular weight is 531 g/mol. The van der Waals surface area contributed by atoms with Gasteiger partial charge >= 0.3 is 0 Å². The van der Waals surface area contributed by atoms with Crippen LogP contribution in [0.5, 0.6) is 0 Å². The fraction of sp³-hybridized carbons (Fsp3) is 0.846. The largest absolute Gasteiger partial charge is 0.387 e. The Hall–Kier alpha value is -1.14. The molecule has 1 aliphatic rings. The quantitative estimate of drug-likeness (QED) is 0.125. The lowest BCUT2D eigenvalue weighted by atomic mass is 10.0. The summed E-state index contributed by atoms with van der Waals surface area (Å²) in [4.78, 5) is 18.3. The molecule has 1 saturated heterocycles. The van der Waals surface area contributed by atoms with E-state index >= 15 is 0 Å². The number of H-pyrrole nitrogens is 2. The molecule has 9 nitrogen and oxygen atoms in total. The number of aliphatic hydroxyl groups excluding tert-OH is 4. The number of unbranched alkanes of at least 4 members (excludes halogenated alkanes) is 11. The molecule has 5 unspecified atom stereocenters. The van der Waals surface area contributed by atoms with Crippen LogP contribution in [0.3, 0.4) is 0 Å². The van der Waals surface area contributed by atoms with Gasteiger partial charge in [0.15, 0.2) is 17.4 Å². The van der Waals surface area contributed by atoms with Crippen molar-refractivity contribution in [2.45, 2.75) is 134 Å². The Morgan fingerprint density at radius 2 is 1.36 bits per heavy atom. The Morgan fingerprint density at radius 1 is 0.778 bits per heavy atom. The number of hydrogen-bond acceptors (Lipinski definition) is 8. The highest BCUT2D eigenvalue weighted by molar-refractivity contribution is 7.71. The van der Waals surface area contributed by atoms with E-state index in [2.05, 4.69) is 16.9 Å². The normalized spacial score (nSPS) is 24.3. The molecule has 0 amide bonds. The molecule has 2 heterocycles. The van der Waals surface area contributed by atoms with Crippen LogP contribution < -0.4 is 5.56 Å². The minimum Gasteiger partial charge on any atom is -0.387 e. The van der Waals surface area contributed by atoms with Crippen molar-refractivity contribution in [1.29, 1.82) is 0 Å². The minimum atomic E-state index is -1.64. The Kier molecular flexibility index (Phi) is 15.0. The molecule has 0 bridgehead atoms. The van der Waals surface area contributed by atoms with E-state index in [4.69, 9.17) is 21.7 Å². The predicted molar refractivity (Wildman–Crippen MR) is 140 cm³/mol. The minimum absolute atomic E-state index is 0.155. The lowest BCUT2D eigenvalue weighted by molar-refractivity contribution is -0.340. The fourth-order valence-electron chi connectivity index (χ4n) is 4.60. The first-order valence-electron chi connectivity index (χ1n) is 13.7. The number of hydrogen-bond donors (Lipinski definition) is 6. The van der Waals surface area contributed by atoms with E-state index < -0.39 is 30.9 Å². The molecule has 0 aromatic carbocycles. The van der Waals surface area contributed by atoms with E-state index in [1.165, 1.54) is 64.2 Å². The highest BCUT2D eigenvalue weighted by atomic mass is 32.1. The van der Waals surface area contributed by atoms with Gasteiger partial charge in [0.25, 0.3) is 5.56 Å². The standard InChI is InChI=1S/C26H46N2O7S/c1-2-3-4-5-6-7-8-9-10-11-12-13-15-18-19(27-26(36)28-23(18)32)16-14-17-34-25-22(31)20(29)21(30)24(33)35-25/h20-22,24-25,29-31,33H,2-17H2,1H3,(H2,27,28,32,36). The molecule has 10 heteroatoms. The molecule has 1 aromatic rings. The number of aliphatic hydroxyl groups is 4. The van der Waals surface area contributed by atoms with Gasteiger partial charge in [0.05, 0.1) is 6.61 Å². The van der Waals surface area contributed by atoms with Crippen molar-refractivity contribution in [2.24, 2.45) is 0 Å². The Morgan fingerprint density at radius 3 is 1.97 bits per heavy atom. The first-order valence-corrected chi connectivity index (χ1v) is 14.1. The SMILES string of the molecule is CCCCCCCCCCCCCCc1c(CCCOC2OC(O)C(O)C(O)C2O)[nH]c(=S)[nH]c1=O. The number of aromatic amines is 2. The molecular weight excluding hydrogens is 484 g/mol. The molecule has 5 atom stereocenters. The van der Waals surface area contributed by atoms with E-state index in [-0.39, 0.29) is 16.9 Å². The van der Waals surface area contributed by atoms with Gasteiger partial charge < -0.3 is 34.9 Å². The summed E-state index contributed by atoms with van der Waals surface area (Å²) in [5.74, 6) is 0. The van der Waals surface area contributed by atoms with Crippen molar-refractivity contribution in [3.8, 4) is 0 Å². The third-order valence-corrected chi connectivity index (χ3v) is 7.01. The van der Waals surface area contributed by atoms with Crippen molar-refractivity contribution in [2.75, 3.05) is 6.61 Å². The van der Waals surface area contributed by atoms with E-state index in [0.29, 0.717) is 24.8 Å². The summed E-state index contributed by atoms with van der Waals surface area (Å²) >= 11 is 5.14. The molecule has 2 rings (SSSR count). The molecule has 0 radical (unpaired) electrons. The maximum Gasteiger partial charge on any atom is 0.255 e. The maximum atomic E-state index is 12.5. The number of aromatic nitrogens is 2. The van der Waals surface area contributed by atoms with Crippen molar-refractivity contribution >= 4 is 12.2 Å². The fourth-order valence-corrected chi connectivity index (χ4v) is 4.81. The second-order valence-corrected chi connectivity index (χ2v) is 10.3. The van der Waals surface area contributed by atoms with Gasteiger partial charge in [0.2, 0.25) is 0 Å². The summed E-state index contributed by atoms with van der Waals surface area (Å²) < 4.78 is 10.7. The zero-order valence-electron chi connectivity index (χ0n) is 21.6. The summed E-state index contributed by atoms with van der Waals surface area (Å²) in [5, 5.41) is 38.9. The summed E-state index contributed by atoms with van der Waals surface area (Å²) in [7, 11) is 0. The van der Waals surface area contributed by atoms with Gasteiger partial charge in [-0.15, -0.1) is 0 Å². The van der Waals surface area contributed by atoms with Crippen LogP contribution in [0.4, 0.5) is 0 Å². The van der Waals surface area contributed by atoms with Gasteiger partial charge in [0.1, 0.15) is 18.3 Å². The number of aryl methyl sites for hydroxylation is 1. The smallest absolute Gasteiger partial charge is 0.255 e. The van der Waals surface area contributed by atoms with Crippen LogP contribution in [-0.2, 0) is 22.3 Å². The van der Waals surface area contributed by atoms with Gasteiger partial charge in [-0.1, -0.05) is 77.6 Å². The number of rotatable bonds is 18. The van der Waals surface area contributed by atoms with E-state index in [0.717, 1.165) is 18.5 Å². The van der Waals surface area contributed by atoms with Gasteiger partial charge in [-0.3, -0.25) is 9.78 Å². The summed E-state index contributed by atoms with van der Waals surface area (Å²) in [6.07, 6.45) is 9.26. The Balaban J connectivity index is 1.68. The average Bonchev–Trinajstić information content (AvgIpc) is 2.85. The Bertz CT molecular complexity index is 846. The van der Waals surface area contributed by atoms with E-state index in [1.54, 1.807) is 0 Å². The lowest BCUT2D eigenvalue weighted by Crippen LogP contribution is -2.58. The van der Waals surface area contributed by atoms with E-state index in [9.17, 15) is 25.2 Å². The lowest BCUT2D eigenvalue weighted by Gasteiger charge is -2.37.